The number of phosphoric acid groups is 1. The molecule has 0 aromatic heterocycles. The molecule has 0 aliphatic rings. The molecule has 0 rings (SSSR count). The molecule has 0 fully saturated rings. The smallest absolute Gasteiger partial charge is 0.456 e. The molecule has 0 aromatic carbocycles. The van der Waals surface area contributed by atoms with Crippen LogP contribution in [0.15, 0.2) is 85.1 Å². The zero-order chi connectivity index (χ0) is 56.4. The number of quaternary nitrogens is 1. The fourth-order valence-electron chi connectivity index (χ4n) is 8.91. The van der Waals surface area contributed by atoms with Crippen molar-refractivity contribution < 1.29 is 37.3 Å². The quantitative estimate of drug-likeness (QED) is 0.0205. The molecule has 0 heterocycles. The highest BCUT2D eigenvalue weighted by molar-refractivity contribution is 7.47. The second-order valence-electron chi connectivity index (χ2n) is 22.5. The lowest BCUT2D eigenvalue weighted by molar-refractivity contribution is -0.870. The summed E-state index contributed by atoms with van der Waals surface area (Å²) in [6.45, 7) is 6.86. The van der Waals surface area contributed by atoms with Gasteiger partial charge < -0.3 is 19.4 Å². The molecule has 10 heteroatoms. The third-order valence-corrected chi connectivity index (χ3v) is 14.8. The van der Waals surface area contributed by atoms with Gasteiger partial charge in [-0.15, -0.1) is 0 Å². The normalized spacial score (nSPS) is 14.2. The highest BCUT2D eigenvalue weighted by atomic mass is 31.2. The average molecular weight is 1100 g/mol. The molecule has 1 amide bonds. The first-order valence-electron chi connectivity index (χ1n) is 31.9. The molecule has 0 saturated carbocycles. The minimum Gasteiger partial charge on any atom is -0.456 e. The van der Waals surface area contributed by atoms with Gasteiger partial charge in [-0.3, -0.25) is 18.6 Å². The summed E-state index contributed by atoms with van der Waals surface area (Å²) >= 11 is 0. The van der Waals surface area contributed by atoms with E-state index in [4.69, 9.17) is 13.8 Å². The third-order valence-electron chi connectivity index (χ3n) is 13.8. The van der Waals surface area contributed by atoms with Crippen LogP contribution in [0, 0.1) is 0 Å². The van der Waals surface area contributed by atoms with Crippen molar-refractivity contribution in [2.24, 2.45) is 0 Å². The van der Waals surface area contributed by atoms with Gasteiger partial charge in [0.2, 0.25) is 5.91 Å². The largest absolute Gasteiger partial charge is 0.472 e. The van der Waals surface area contributed by atoms with Crippen molar-refractivity contribution in [1.82, 2.24) is 5.32 Å². The number of esters is 1. The summed E-state index contributed by atoms with van der Waals surface area (Å²) in [4.78, 5) is 37.7. The maximum Gasteiger partial charge on any atom is 0.472 e. The molecular weight excluding hydrogens is 976 g/mol. The maximum atomic E-state index is 13.6. The van der Waals surface area contributed by atoms with E-state index in [0.717, 1.165) is 77.0 Å². The van der Waals surface area contributed by atoms with E-state index in [9.17, 15) is 19.0 Å². The predicted molar refractivity (Wildman–Crippen MR) is 332 cm³/mol. The Balaban J connectivity index is 5.20. The van der Waals surface area contributed by atoms with Crippen LogP contribution in [-0.4, -0.2) is 74.3 Å². The summed E-state index contributed by atoms with van der Waals surface area (Å²) in [5.74, 6) is -0.572. The lowest BCUT2D eigenvalue weighted by Crippen LogP contribution is -2.47. The zero-order valence-corrected chi connectivity index (χ0v) is 51.8. The number of nitrogens with zero attached hydrogens (tertiary/aromatic N) is 1. The molecule has 0 radical (unpaired) electrons. The van der Waals surface area contributed by atoms with Crippen molar-refractivity contribution in [2.45, 2.75) is 290 Å². The van der Waals surface area contributed by atoms with Gasteiger partial charge in [0.05, 0.1) is 33.8 Å². The number of ether oxygens (including phenoxy) is 1. The van der Waals surface area contributed by atoms with Crippen molar-refractivity contribution in [2.75, 3.05) is 40.9 Å². The topological polar surface area (TPSA) is 111 Å². The van der Waals surface area contributed by atoms with E-state index < -0.39 is 20.0 Å². The number of carbonyl (C=O) groups is 2. The summed E-state index contributed by atoms with van der Waals surface area (Å²) in [7, 11) is 1.46. The van der Waals surface area contributed by atoms with Crippen LogP contribution < -0.4 is 5.32 Å². The molecule has 9 nitrogen and oxygen atoms in total. The lowest BCUT2D eigenvalue weighted by atomic mass is 10.0. The lowest BCUT2D eigenvalue weighted by Gasteiger charge is -2.27. The van der Waals surface area contributed by atoms with Crippen LogP contribution in [-0.2, 0) is 27.9 Å². The number of carbonyl (C=O) groups excluding carboxylic acids is 2. The maximum absolute atomic E-state index is 13.6. The number of hydrogen-bond donors (Lipinski definition) is 2. The summed E-state index contributed by atoms with van der Waals surface area (Å²) in [5.41, 5.74) is 0. The van der Waals surface area contributed by atoms with Crippen LogP contribution >= 0.6 is 7.82 Å². The predicted octanol–water partition coefficient (Wildman–Crippen LogP) is 19.8. The van der Waals surface area contributed by atoms with Gasteiger partial charge >= 0.3 is 13.8 Å². The van der Waals surface area contributed by atoms with Crippen molar-refractivity contribution in [1.29, 1.82) is 0 Å². The Morgan fingerprint density at radius 1 is 0.468 bits per heavy atom. The molecule has 0 aromatic rings. The second kappa shape index (κ2) is 56.5. The Kier molecular flexibility index (Phi) is 54.4. The van der Waals surface area contributed by atoms with Crippen LogP contribution in [0.5, 0.6) is 0 Å². The second-order valence-corrected chi connectivity index (χ2v) is 24.0. The molecule has 0 bridgehead atoms. The van der Waals surface area contributed by atoms with Crippen molar-refractivity contribution in [3.63, 3.8) is 0 Å². The van der Waals surface area contributed by atoms with Gasteiger partial charge in [-0.05, 0) is 96.0 Å². The van der Waals surface area contributed by atoms with Crippen LogP contribution in [0.4, 0.5) is 0 Å². The van der Waals surface area contributed by atoms with Crippen molar-refractivity contribution in [3.05, 3.63) is 85.1 Å². The van der Waals surface area contributed by atoms with E-state index in [0.29, 0.717) is 23.9 Å². The number of allylic oxidation sites excluding steroid dienone is 13. The summed E-state index contributed by atoms with van der Waals surface area (Å²) in [6, 6.07) is -0.874. The standard InChI is InChI=1S/C67H121N2O7P/c1-7-10-13-16-19-22-25-27-29-31-32-33-34-35-36-38-39-41-44-47-50-53-56-59-66(70)68-64(63-75-77(72,73)74-62-61-69(4,5)6)65(58-55-52-49-46-43-24-21-18-15-12-9-3)76-67(71)60-57-54-51-48-45-42-40-37-30-28-26-23-20-17-14-11-8-2/h11,14,20,23,27-30,40,42,48,51,55,58,64-65H,7-10,12-13,15-19,21-22,24-26,31-39,41,43-47,49-50,52-54,56-57,59-63H2,1-6H3,(H-,68,70,72,73)/p+1/b14-11-,23-20-,29-27+,30-28-,42-40-,51-48-,58-55-. The van der Waals surface area contributed by atoms with Gasteiger partial charge in [-0.1, -0.05) is 254 Å². The Bertz CT molecular complexity index is 1590. The monoisotopic (exact) mass is 1100 g/mol. The minimum atomic E-state index is -4.46. The summed E-state index contributed by atoms with van der Waals surface area (Å²) < 4.78 is 30.6. The van der Waals surface area contributed by atoms with Gasteiger partial charge in [-0.25, -0.2) is 4.57 Å². The Morgan fingerprint density at radius 3 is 1.29 bits per heavy atom. The van der Waals surface area contributed by atoms with Gasteiger partial charge in [0, 0.05) is 12.8 Å². The average Bonchev–Trinajstić information content (AvgIpc) is 3.39. The van der Waals surface area contributed by atoms with E-state index in [-0.39, 0.29) is 31.5 Å². The highest BCUT2D eigenvalue weighted by Gasteiger charge is 2.30. The fourth-order valence-corrected chi connectivity index (χ4v) is 9.65. The first-order valence-corrected chi connectivity index (χ1v) is 33.4. The number of amides is 1. The first kappa shape index (κ1) is 74.2. The minimum absolute atomic E-state index is 0.0289. The number of phosphoric ester groups is 1. The van der Waals surface area contributed by atoms with E-state index in [1.54, 1.807) is 0 Å². The van der Waals surface area contributed by atoms with E-state index in [1.165, 1.54) is 161 Å². The van der Waals surface area contributed by atoms with Crippen LogP contribution in [0.1, 0.15) is 278 Å². The third kappa shape index (κ3) is 57.7. The Morgan fingerprint density at radius 2 is 0.844 bits per heavy atom. The molecule has 77 heavy (non-hydrogen) atoms. The van der Waals surface area contributed by atoms with Crippen LogP contribution in [0.2, 0.25) is 0 Å². The Labute approximate surface area is 476 Å². The van der Waals surface area contributed by atoms with Crippen molar-refractivity contribution >= 4 is 19.7 Å². The molecule has 446 valence electrons. The summed E-state index contributed by atoms with van der Waals surface area (Å²) in [6.07, 6.45) is 74.6. The number of unbranched alkanes of at least 4 members (excludes halogenated alkanes) is 29. The summed E-state index contributed by atoms with van der Waals surface area (Å²) in [5, 5.41) is 3.04. The van der Waals surface area contributed by atoms with Gasteiger partial charge in [-0.2, -0.15) is 0 Å². The number of nitrogens with one attached hydrogen (secondary N) is 1. The molecule has 3 atom stereocenters. The van der Waals surface area contributed by atoms with E-state index in [2.05, 4.69) is 99.0 Å². The fraction of sp³-hybridized carbons (Fsp3) is 0.761. The molecule has 3 unspecified atom stereocenters. The first-order chi connectivity index (χ1) is 37.4. The molecule has 0 saturated heterocycles. The molecule has 0 aliphatic heterocycles. The SMILES string of the molecule is CC/C=C\C/C=C\C/C=C\C/C=C\C/C=C\CCCC(=O)OC(/C=C\CCCCCCCCCCC)C(COP(=O)(O)OCC[N+](C)(C)C)NC(=O)CCCCCCCCCCCCCCC/C=C/CCCCCCCC. The number of rotatable bonds is 57. The Hall–Kier alpha value is -2.81. The van der Waals surface area contributed by atoms with Gasteiger partial charge in [0.1, 0.15) is 19.3 Å². The number of hydrogen-bond acceptors (Lipinski definition) is 6. The van der Waals surface area contributed by atoms with Gasteiger partial charge in [0.25, 0.3) is 0 Å². The van der Waals surface area contributed by atoms with Crippen molar-refractivity contribution in [3.8, 4) is 0 Å². The van der Waals surface area contributed by atoms with E-state index in [1.807, 2.05) is 33.3 Å². The van der Waals surface area contributed by atoms with Gasteiger partial charge in [0.15, 0.2) is 0 Å². The van der Waals surface area contributed by atoms with E-state index >= 15 is 0 Å². The molecule has 0 aliphatic carbocycles. The highest BCUT2D eigenvalue weighted by Crippen LogP contribution is 2.43. The molecule has 2 N–H and O–H groups in total. The zero-order valence-electron chi connectivity index (χ0n) is 50.9. The molecular formula is C67H122N2O7P+. The van der Waals surface area contributed by atoms with Crippen LogP contribution in [0.25, 0.3) is 0 Å². The van der Waals surface area contributed by atoms with Crippen LogP contribution in [0.3, 0.4) is 0 Å². The number of likely N-dealkylation sites (N-methyl/N-ethyl adjacent to an activating group) is 1. The molecule has 0 spiro atoms.